The largest absolute Gasteiger partial charge is 0.349 e. The molecule has 1 aliphatic heterocycles. The Bertz CT molecular complexity index is 1010. The van der Waals surface area contributed by atoms with E-state index in [4.69, 9.17) is 11.6 Å². The van der Waals surface area contributed by atoms with Crippen LogP contribution in [0.3, 0.4) is 0 Å². The van der Waals surface area contributed by atoms with Crippen LogP contribution in [0.2, 0.25) is 5.02 Å². The maximum absolute atomic E-state index is 12.9. The molecule has 1 heterocycles. The molecule has 2 aromatic rings. The van der Waals surface area contributed by atoms with Crippen LogP contribution in [0.5, 0.6) is 0 Å². The van der Waals surface area contributed by atoms with E-state index in [9.17, 15) is 13.2 Å². The fourth-order valence-corrected chi connectivity index (χ4v) is 5.48. The van der Waals surface area contributed by atoms with Gasteiger partial charge in [-0.3, -0.25) is 4.79 Å². The molecule has 1 saturated heterocycles. The molecule has 0 unspecified atom stereocenters. The van der Waals surface area contributed by atoms with Gasteiger partial charge in [-0.05, 0) is 68.0 Å². The third-order valence-electron chi connectivity index (χ3n) is 5.80. The predicted octanol–water partition coefficient (Wildman–Crippen LogP) is 4.38. The zero-order valence-electron chi connectivity index (χ0n) is 17.7. The number of hydrogen-bond donors (Lipinski definition) is 1. The fraction of sp³-hybridized carbons (Fsp3) is 0.435. The van der Waals surface area contributed by atoms with E-state index in [1.165, 1.54) is 15.4 Å². The number of amides is 1. The third kappa shape index (κ3) is 5.62. The van der Waals surface area contributed by atoms with E-state index in [-0.39, 0.29) is 30.2 Å². The van der Waals surface area contributed by atoms with Gasteiger partial charge in [0.05, 0.1) is 17.7 Å². The summed E-state index contributed by atoms with van der Waals surface area (Å²) in [7, 11) is -3.50. The molecule has 30 heavy (non-hydrogen) atoms. The SMILES string of the molecule is Cc1ccc([C@@H](C)NC(=O)[C@H]2CCCN(S(=O)(=O)Cc3ccc(Cl)cc3)C2)cc1C. The number of nitrogens with one attached hydrogen (secondary N) is 1. The standard InChI is InChI=1S/C23H29ClN2O3S/c1-16-6-9-20(13-17(16)2)18(3)25-23(27)21-5-4-12-26(14-21)30(28,29)15-19-7-10-22(24)11-8-19/h6-11,13,18,21H,4-5,12,14-15H2,1-3H3,(H,25,27)/t18-,21+/m1/s1. The van der Waals surface area contributed by atoms with Crippen molar-refractivity contribution in [3.63, 3.8) is 0 Å². The molecule has 162 valence electrons. The average molecular weight is 449 g/mol. The lowest BCUT2D eigenvalue weighted by atomic mass is 9.97. The number of carbonyl (C=O) groups excluding carboxylic acids is 1. The normalized spacial score (nSPS) is 18.7. The van der Waals surface area contributed by atoms with Crippen molar-refractivity contribution in [2.75, 3.05) is 13.1 Å². The Morgan fingerprint density at radius 3 is 2.53 bits per heavy atom. The maximum atomic E-state index is 12.9. The summed E-state index contributed by atoms with van der Waals surface area (Å²) in [4.78, 5) is 12.9. The molecule has 1 fully saturated rings. The number of aryl methyl sites for hydroxylation is 2. The fourth-order valence-electron chi connectivity index (χ4n) is 3.74. The highest BCUT2D eigenvalue weighted by Gasteiger charge is 2.32. The summed E-state index contributed by atoms with van der Waals surface area (Å²) in [6.45, 7) is 6.75. The van der Waals surface area contributed by atoms with E-state index in [2.05, 4.69) is 31.3 Å². The molecule has 2 atom stereocenters. The van der Waals surface area contributed by atoms with Gasteiger partial charge in [-0.25, -0.2) is 12.7 Å². The Balaban J connectivity index is 1.63. The monoisotopic (exact) mass is 448 g/mol. The quantitative estimate of drug-likeness (QED) is 0.713. The Kier molecular flexibility index (Phi) is 7.22. The van der Waals surface area contributed by atoms with Crippen molar-refractivity contribution in [3.8, 4) is 0 Å². The Hall–Kier alpha value is -1.89. The Morgan fingerprint density at radius 1 is 1.17 bits per heavy atom. The van der Waals surface area contributed by atoms with E-state index in [1.54, 1.807) is 24.3 Å². The number of carbonyl (C=O) groups is 1. The van der Waals surface area contributed by atoms with Crippen molar-refractivity contribution >= 4 is 27.5 Å². The van der Waals surface area contributed by atoms with Crippen LogP contribution >= 0.6 is 11.6 Å². The van der Waals surface area contributed by atoms with E-state index < -0.39 is 10.0 Å². The zero-order valence-corrected chi connectivity index (χ0v) is 19.3. The van der Waals surface area contributed by atoms with Crippen molar-refractivity contribution in [3.05, 3.63) is 69.7 Å². The molecule has 3 rings (SSSR count). The molecule has 1 amide bonds. The second-order valence-electron chi connectivity index (χ2n) is 8.15. The lowest BCUT2D eigenvalue weighted by Gasteiger charge is -2.32. The second-order valence-corrected chi connectivity index (χ2v) is 10.6. The first-order chi connectivity index (χ1) is 14.2. The number of hydrogen-bond acceptors (Lipinski definition) is 3. The van der Waals surface area contributed by atoms with Gasteiger partial charge < -0.3 is 5.32 Å². The molecule has 1 N–H and O–H groups in total. The first kappa shape index (κ1) is 22.8. The molecule has 0 saturated carbocycles. The third-order valence-corrected chi connectivity index (χ3v) is 7.87. The smallest absolute Gasteiger partial charge is 0.224 e. The summed E-state index contributed by atoms with van der Waals surface area (Å²) < 4.78 is 27.2. The summed E-state index contributed by atoms with van der Waals surface area (Å²) in [5, 5.41) is 3.64. The summed E-state index contributed by atoms with van der Waals surface area (Å²) in [5.74, 6) is -0.516. The first-order valence-electron chi connectivity index (χ1n) is 10.3. The minimum atomic E-state index is -3.50. The number of rotatable bonds is 6. The minimum Gasteiger partial charge on any atom is -0.349 e. The van der Waals surface area contributed by atoms with Gasteiger partial charge in [0, 0.05) is 18.1 Å². The summed E-state index contributed by atoms with van der Waals surface area (Å²) in [5.41, 5.74) is 4.14. The molecule has 2 aromatic carbocycles. The highest BCUT2D eigenvalue weighted by molar-refractivity contribution is 7.88. The van der Waals surface area contributed by atoms with Crippen LogP contribution < -0.4 is 5.32 Å². The zero-order chi connectivity index (χ0) is 21.9. The number of benzene rings is 2. The molecular weight excluding hydrogens is 420 g/mol. The van der Waals surface area contributed by atoms with Gasteiger partial charge in [0.25, 0.3) is 0 Å². The van der Waals surface area contributed by atoms with E-state index in [0.29, 0.717) is 30.0 Å². The Morgan fingerprint density at radius 2 is 1.87 bits per heavy atom. The summed E-state index contributed by atoms with van der Waals surface area (Å²) >= 11 is 5.88. The van der Waals surface area contributed by atoms with Crippen molar-refractivity contribution < 1.29 is 13.2 Å². The summed E-state index contributed by atoms with van der Waals surface area (Å²) in [6, 6.07) is 12.9. The molecule has 0 radical (unpaired) electrons. The minimum absolute atomic E-state index is 0.0858. The van der Waals surface area contributed by atoms with Gasteiger partial charge in [0.1, 0.15) is 0 Å². The molecule has 1 aliphatic rings. The molecule has 0 aliphatic carbocycles. The maximum Gasteiger partial charge on any atom is 0.224 e. The van der Waals surface area contributed by atoms with Gasteiger partial charge in [-0.2, -0.15) is 0 Å². The van der Waals surface area contributed by atoms with E-state index >= 15 is 0 Å². The highest BCUT2D eigenvalue weighted by atomic mass is 35.5. The summed E-state index contributed by atoms with van der Waals surface area (Å²) in [6.07, 6.45) is 1.37. The van der Waals surface area contributed by atoms with Crippen LogP contribution in [-0.2, 0) is 20.6 Å². The number of piperidine rings is 1. The molecule has 0 spiro atoms. The van der Waals surface area contributed by atoms with Crippen molar-refractivity contribution in [2.24, 2.45) is 5.92 Å². The van der Waals surface area contributed by atoms with Crippen LogP contribution in [0, 0.1) is 19.8 Å². The van der Waals surface area contributed by atoms with Crippen LogP contribution in [0.15, 0.2) is 42.5 Å². The van der Waals surface area contributed by atoms with Gasteiger partial charge in [0.15, 0.2) is 0 Å². The second kappa shape index (κ2) is 9.50. The number of nitrogens with zero attached hydrogens (tertiary/aromatic N) is 1. The van der Waals surface area contributed by atoms with Gasteiger partial charge in [-0.1, -0.05) is 41.9 Å². The van der Waals surface area contributed by atoms with Gasteiger partial charge in [-0.15, -0.1) is 0 Å². The molecule has 0 aromatic heterocycles. The lowest BCUT2D eigenvalue weighted by molar-refractivity contribution is -0.126. The number of sulfonamides is 1. The van der Waals surface area contributed by atoms with Crippen molar-refractivity contribution in [2.45, 2.75) is 45.4 Å². The molecule has 7 heteroatoms. The van der Waals surface area contributed by atoms with Crippen molar-refractivity contribution in [1.29, 1.82) is 0 Å². The number of halogens is 1. The topological polar surface area (TPSA) is 66.5 Å². The Labute approximate surface area is 184 Å². The first-order valence-corrected chi connectivity index (χ1v) is 12.2. The van der Waals surface area contributed by atoms with Crippen LogP contribution in [0.1, 0.15) is 48.1 Å². The van der Waals surface area contributed by atoms with E-state index in [0.717, 1.165) is 5.56 Å². The molecule has 0 bridgehead atoms. The van der Waals surface area contributed by atoms with Crippen molar-refractivity contribution in [1.82, 2.24) is 9.62 Å². The average Bonchev–Trinajstić information content (AvgIpc) is 2.71. The van der Waals surface area contributed by atoms with Gasteiger partial charge >= 0.3 is 0 Å². The lowest BCUT2D eigenvalue weighted by Crippen LogP contribution is -2.46. The molecular formula is C23H29ClN2O3S. The van der Waals surface area contributed by atoms with Crippen LogP contribution in [0.4, 0.5) is 0 Å². The molecule has 5 nitrogen and oxygen atoms in total. The highest BCUT2D eigenvalue weighted by Crippen LogP contribution is 2.24. The van der Waals surface area contributed by atoms with Gasteiger partial charge in [0.2, 0.25) is 15.9 Å². The van der Waals surface area contributed by atoms with Crippen LogP contribution in [-0.4, -0.2) is 31.7 Å². The van der Waals surface area contributed by atoms with E-state index in [1.807, 2.05) is 13.0 Å². The predicted molar refractivity (Wildman–Crippen MR) is 121 cm³/mol. The van der Waals surface area contributed by atoms with Crippen LogP contribution in [0.25, 0.3) is 0 Å².